The van der Waals surface area contributed by atoms with Crippen LogP contribution in [0, 0.1) is 0 Å². The van der Waals surface area contributed by atoms with Crippen molar-refractivity contribution < 1.29 is 5.11 Å². The van der Waals surface area contributed by atoms with Crippen LogP contribution in [0.2, 0.25) is 0 Å². The number of phenolic OH excluding ortho intramolecular Hbond substituents is 1. The van der Waals surface area contributed by atoms with Gasteiger partial charge in [0.25, 0.3) is 0 Å². The Kier molecular flexibility index (Phi) is 4.56. The van der Waals surface area contributed by atoms with E-state index in [0.29, 0.717) is 17.6 Å². The number of nitrogens with zero attached hydrogens (tertiary/aromatic N) is 1. The lowest BCUT2D eigenvalue weighted by Crippen LogP contribution is -2.03. The highest BCUT2D eigenvalue weighted by atomic mass is 16.3. The molecule has 0 fully saturated rings. The fraction of sp³-hybridized carbons (Fsp3) is 0.353. The van der Waals surface area contributed by atoms with Crippen molar-refractivity contribution in [1.29, 1.82) is 0 Å². The second-order valence-corrected chi connectivity index (χ2v) is 5.11. The zero-order valence-electron chi connectivity index (χ0n) is 11.6. The van der Waals surface area contributed by atoms with Crippen molar-refractivity contribution in [3.8, 4) is 5.75 Å². The van der Waals surface area contributed by atoms with Gasteiger partial charge in [0.15, 0.2) is 0 Å². The van der Waals surface area contributed by atoms with E-state index in [4.69, 9.17) is 0 Å². The summed E-state index contributed by atoms with van der Waals surface area (Å²) in [5, 5.41) is 9.36. The Morgan fingerprint density at radius 2 is 1.63 bits per heavy atom. The third-order valence-electron chi connectivity index (χ3n) is 3.77. The van der Waals surface area contributed by atoms with E-state index >= 15 is 0 Å². The molecule has 100 valence electrons. The highest BCUT2D eigenvalue weighted by Gasteiger charge is 2.15. The summed E-state index contributed by atoms with van der Waals surface area (Å²) in [6.45, 7) is 4.48. The average Bonchev–Trinajstić information content (AvgIpc) is 2.46. The third kappa shape index (κ3) is 3.57. The van der Waals surface area contributed by atoms with Crippen LogP contribution in [0.15, 0.2) is 48.8 Å². The molecule has 2 heteroatoms. The van der Waals surface area contributed by atoms with Crippen molar-refractivity contribution in [1.82, 2.24) is 4.98 Å². The van der Waals surface area contributed by atoms with Gasteiger partial charge in [0.05, 0.1) is 0 Å². The Morgan fingerprint density at radius 1 is 1.00 bits per heavy atom. The maximum atomic E-state index is 9.36. The summed E-state index contributed by atoms with van der Waals surface area (Å²) in [6, 6.07) is 11.8. The Bertz CT molecular complexity index is 492. The van der Waals surface area contributed by atoms with Gasteiger partial charge in [-0.1, -0.05) is 26.0 Å². The minimum Gasteiger partial charge on any atom is -0.508 e. The minimum absolute atomic E-state index is 0.334. The van der Waals surface area contributed by atoms with Gasteiger partial charge in [0, 0.05) is 12.4 Å². The average molecular weight is 255 g/mol. The first-order valence-electron chi connectivity index (χ1n) is 6.89. The zero-order valence-corrected chi connectivity index (χ0v) is 11.6. The number of pyridine rings is 1. The molecule has 0 saturated heterocycles. The number of aromatic nitrogens is 1. The number of phenols is 1. The van der Waals surface area contributed by atoms with Gasteiger partial charge in [-0.3, -0.25) is 4.98 Å². The van der Waals surface area contributed by atoms with Crippen molar-refractivity contribution in [3.63, 3.8) is 0 Å². The maximum Gasteiger partial charge on any atom is 0.115 e. The smallest absolute Gasteiger partial charge is 0.115 e. The molecule has 2 nitrogen and oxygen atoms in total. The molecule has 0 amide bonds. The van der Waals surface area contributed by atoms with Crippen LogP contribution < -0.4 is 0 Å². The van der Waals surface area contributed by atoms with E-state index in [1.807, 2.05) is 24.5 Å². The van der Waals surface area contributed by atoms with Crippen LogP contribution in [-0.2, 0) is 0 Å². The summed E-state index contributed by atoms with van der Waals surface area (Å²) < 4.78 is 0. The standard InChI is InChI=1S/C17H21NO/c1-3-14(16-4-6-17(19)7-5-16)12-13(2)15-8-10-18-11-9-15/h4-11,13-14,19H,3,12H2,1-2H3. The predicted molar refractivity (Wildman–Crippen MR) is 78.4 cm³/mol. The van der Waals surface area contributed by atoms with Crippen molar-refractivity contribution >= 4 is 0 Å². The fourth-order valence-electron chi connectivity index (χ4n) is 2.54. The first-order valence-corrected chi connectivity index (χ1v) is 6.89. The third-order valence-corrected chi connectivity index (χ3v) is 3.77. The molecule has 0 spiro atoms. The van der Waals surface area contributed by atoms with Gasteiger partial charge in [0.2, 0.25) is 0 Å². The highest BCUT2D eigenvalue weighted by Crippen LogP contribution is 2.32. The Morgan fingerprint density at radius 3 is 2.21 bits per heavy atom. The second kappa shape index (κ2) is 6.37. The Labute approximate surface area is 115 Å². The largest absolute Gasteiger partial charge is 0.508 e. The summed E-state index contributed by atoms with van der Waals surface area (Å²) in [4.78, 5) is 4.07. The SMILES string of the molecule is CCC(CC(C)c1ccncc1)c1ccc(O)cc1. The molecular weight excluding hydrogens is 234 g/mol. The van der Waals surface area contributed by atoms with Crippen LogP contribution in [0.3, 0.4) is 0 Å². The monoisotopic (exact) mass is 255 g/mol. The zero-order chi connectivity index (χ0) is 13.7. The van der Waals surface area contributed by atoms with E-state index in [2.05, 4.69) is 31.0 Å². The van der Waals surface area contributed by atoms with Gasteiger partial charge < -0.3 is 5.11 Å². The highest BCUT2D eigenvalue weighted by molar-refractivity contribution is 5.29. The first kappa shape index (κ1) is 13.6. The summed E-state index contributed by atoms with van der Waals surface area (Å²) in [7, 11) is 0. The van der Waals surface area contributed by atoms with Crippen molar-refractivity contribution in [2.24, 2.45) is 0 Å². The maximum absolute atomic E-state index is 9.36. The van der Waals surface area contributed by atoms with Crippen LogP contribution in [0.25, 0.3) is 0 Å². The first-order chi connectivity index (χ1) is 9.20. The minimum atomic E-state index is 0.334. The number of rotatable bonds is 5. The molecular formula is C17H21NO. The number of hydrogen-bond acceptors (Lipinski definition) is 2. The van der Waals surface area contributed by atoms with Crippen LogP contribution >= 0.6 is 0 Å². The van der Waals surface area contributed by atoms with Gasteiger partial charge in [0.1, 0.15) is 5.75 Å². The molecule has 1 N–H and O–H groups in total. The van der Waals surface area contributed by atoms with Crippen molar-refractivity contribution in [2.75, 3.05) is 0 Å². The van der Waals surface area contributed by atoms with Crippen LogP contribution in [0.1, 0.15) is 49.7 Å². The molecule has 1 heterocycles. The molecule has 0 radical (unpaired) electrons. The molecule has 19 heavy (non-hydrogen) atoms. The van der Waals surface area contributed by atoms with Crippen LogP contribution in [0.4, 0.5) is 0 Å². The molecule has 1 aromatic heterocycles. The van der Waals surface area contributed by atoms with E-state index in [0.717, 1.165) is 12.8 Å². The van der Waals surface area contributed by atoms with Gasteiger partial charge in [-0.2, -0.15) is 0 Å². The van der Waals surface area contributed by atoms with Gasteiger partial charge >= 0.3 is 0 Å². The molecule has 0 saturated carbocycles. The number of hydrogen-bond donors (Lipinski definition) is 1. The summed E-state index contributed by atoms with van der Waals surface area (Å²) in [5.74, 6) is 1.38. The van der Waals surface area contributed by atoms with Gasteiger partial charge in [-0.15, -0.1) is 0 Å². The second-order valence-electron chi connectivity index (χ2n) is 5.11. The van der Waals surface area contributed by atoms with Crippen LogP contribution in [-0.4, -0.2) is 10.1 Å². The lowest BCUT2D eigenvalue weighted by atomic mass is 9.85. The van der Waals surface area contributed by atoms with Crippen LogP contribution in [0.5, 0.6) is 5.75 Å². The lowest BCUT2D eigenvalue weighted by Gasteiger charge is -2.20. The quantitative estimate of drug-likeness (QED) is 0.854. The van der Waals surface area contributed by atoms with E-state index in [1.165, 1.54) is 11.1 Å². The summed E-state index contributed by atoms with van der Waals surface area (Å²) in [5.41, 5.74) is 2.65. The summed E-state index contributed by atoms with van der Waals surface area (Å²) >= 11 is 0. The van der Waals surface area contributed by atoms with E-state index in [9.17, 15) is 5.11 Å². The van der Waals surface area contributed by atoms with Gasteiger partial charge in [-0.25, -0.2) is 0 Å². The molecule has 2 atom stereocenters. The van der Waals surface area contributed by atoms with Gasteiger partial charge in [-0.05, 0) is 60.1 Å². The number of benzene rings is 1. The van der Waals surface area contributed by atoms with Crippen molar-refractivity contribution in [2.45, 2.75) is 38.5 Å². The number of aromatic hydroxyl groups is 1. The van der Waals surface area contributed by atoms with E-state index in [1.54, 1.807) is 12.1 Å². The van der Waals surface area contributed by atoms with E-state index in [-0.39, 0.29) is 0 Å². The Balaban J connectivity index is 2.09. The molecule has 0 bridgehead atoms. The predicted octanol–water partition coefficient (Wildman–Crippen LogP) is 4.47. The molecule has 0 aliphatic rings. The lowest BCUT2D eigenvalue weighted by molar-refractivity contribution is 0.474. The normalized spacial score (nSPS) is 14.0. The molecule has 2 rings (SSSR count). The molecule has 0 aliphatic heterocycles. The molecule has 1 aromatic carbocycles. The fourth-order valence-corrected chi connectivity index (χ4v) is 2.54. The molecule has 2 aromatic rings. The van der Waals surface area contributed by atoms with E-state index < -0.39 is 0 Å². The van der Waals surface area contributed by atoms with Crippen molar-refractivity contribution in [3.05, 3.63) is 59.9 Å². The summed E-state index contributed by atoms with van der Waals surface area (Å²) in [6.07, 6.45) is 5.94. The topological polar surface area (TPSA) is 33.1 Å². The molecule has 2 unspecified atom stereocenters. The Hall–Kier alpha value is -1.83. The molecule has 0 aliphatic carbocycles.